The van der Waals surface area contributed by atoms with Crippen molar-refractivity contribution in [1.82, 2.24) is 0 Å². The second-order valence-corrected chi connectivity index (χ2v) is 25.1. The van der Waals surface area contributed by atoms with Gasteiger partial charge in [-0.25, -0.2) is 0 Å². The van der Waals surface area contributed by atoms with Crippen LogP contribution in [-0.2, 0) is 123 Å². The molecule has 2 rings (SSSR count). The zero-order valence-electron chi connectivity index (χ0n) is 65.2. The molecule has 2 aliphatic rings. The van der Waals surface area contributed by atoms with E-state index < -0.39 is 150 Å². The molecule has 0 aliphatic heterocycles. The standard InChI is InChI=1S/C72H140O32/c1-15-80-51(8)87-38-66(33-79-31-60-25-58-22-23-59(60)24-58)99-45-68(40-89-53(10)82-17-3)101-47-70(42-91-55(12)84-19-5)103-49-72(44-93-57(14)86-21-7)104-50-71(43-92-56(13)85-20-6)102-48-69(41-90-54(11)83-18-4)100-46-67(39-88-52(9)81-16-2)98-37-65(30-77)97-36-64(29-76)96-35-63(28-75)95-34-62(27-74)94-32-61(78)26-73/h22-23,51-78H,15-21,24-50H2,1-14H3. The Labute approximate surface area is 620 Å². The highest BCUT2D eigenvalue weighted by atomic mass is 16.7. The lowest BCUT2D eigenvalue weighted by Gasteiger charge is -2.29. The molecule has 0 heterocycles. The van der Waals surface area contributed by atoms with Crippen LogP contribution in [0.15, 0.2) is 12.2 Å². The summed E-state index contributed by atoms with van der Waals surface area (Å²) in [7, 11) is 0. The second-order valence-electron chi connectivity index (χ2n) is 25.1. The van der Waals surface area contributed by atoms with Crippen molar-refractivity contribution in [3.05, 3.63) is 12.2 Å². The van der Waals surface area contributed by atoms with Crippen molar-refractivity contribution < 1.29 is 154 Å². The van der Waals surface area contributed by atoms with Crippen LogP contribution >= 0.6 is 0 Å². The van der Waals surface area contributed by atoms with Gasteiger partial charge in [-0.3, -0.25) is 0 Å². The molecule has 104 heavy (non-hydrogen) atoms. The van der Waals surface area contributed by atoms with Gasteiger partial charge in [-0.15, -0.1) is 0 Å². The fraction of sp³-hybridized carbons (Fsp3) is 0.972. The first-order valence-corrected chi connectivity index (χ1v) is 37.7. The van der Waals surface area contributed by atoms with E-state index in [-0.39, 0.29) is 119 Å². The van der Waals surface area contributed by atoms with E-state index >= 15 is 0 Å². The number of allylic oxidation sites excluding steroid dienone is 2. The number of rotatable bonds is 77. The first-order valence-electron chi connectivity index (χ1n) is 37.7. The Morgan fingerprint density at radius 1 is 0.250 bits per heavy atom. The molecule has 0 saturated heterocycles. The van der Waals surface area contributed by atoms with Crippen molar-refractivity contribution in [2.45, 2.75) is 227 Å². The lowest BCUT2D eigenvalue weighted by atomic mass is 9.95. The highest BCUT2D eigenvalue weighted by molar-refractivity contribution is 5.10. The van der Waals surface area contributed by atoms with Gasteiger partial charge in [0.2, 0.25) is 0 Å². The van der Waals surface area contributed by atoms with E-state index in [1.807, 2.05) is 69.2 Å². The van der Waals surface area contributed by atoms with Gasteiger partial charge in [-0.05, 0) is 128 Å². The third-order valence-corrected chi connectivity index (χ3v) is 16.2. The van der Waals surface area contributed by atoms with Crippen LogP contribution in [0.2, 0.25) is 0 Å². The monoisotopic (exact) mass is 1520 g/mol. The molecule has 6 N–H and O–H groups in total. The molecule has 0 aromatic rings. The summed E-state index contributed by atoms with van der Waals surface area (Å²) >= 11 is 0. The maximum absolute atomic E-state index is 10.5. The highest BCUT2D eigenvalue weighted by Crippen LogP contribution is 2.43. The largest absolute Gasteiger partial charge is 0.394 e. The molecular weight excluding hydrogens is 1380 g/mol. The van der Waals surface area contributed by atoms with Crippen LogP contribution in [0.5, 0.6) is 0 Å². The van der Waals surface area contributed by atoms with E-state index in [2.05, 4.69) is 12.2 Å². The minimum Gasteiger partial charge on any atom is -0.394 e. The van der Waals surface area contributed by atoms with E-state index in [9.17, 15) is 25.5 Å². The Bertz CT molecular complexity index is 1930. The number of hydrogen-bond donors (Lipinski definition) is 6. The maximum atomic E-state index is 10.5. The Kier molecular flexibility index (Phi) is 60.7. The molecule has 1 saturated carbocycles. The molecular formula is C72H140O32. The summed E-state index contributed by atoms with van der Waals surface area (Å²) in [4.78, 5) is 0. The molecule has 0 aromatic heterocycles. The van der Waals surface area contributed by atoms with E-state index in [0.717, 1.165) is 6.42 Å². The Hall–Kier alpha value is -1.54. The van der Waals surface area contributed by atoms with E-state index in [4.69, 9.17) is 128 Å². The van der Waals surface area contributed by atoms with Gasteiger partial charge in [0.05, 0.1) is 165 Å². The average molecular weight is 1520 g/mol. The Morgan fingerprint density at radius 3 is 0.663 bits per heavy atom. The van der Waals surface area contributed by atoms with E-state index in [0.29, 0.717) is 77.2 Å². The molecule has 32 heteroatoms. The summed E-state index contributed by atoms with van der Waals surface area (Å²) in [6, 6.07) is 0. The van der Waals surface area contributed by atoms with Gasteiger partial charge in [0.15, 0.2) is 44.0 Å². The molecule has 2 bridgehead atoms. The van der Waals surface area contributed by atoms with Crippen LogP contribution in [0, 0.1) is 17.8 Å². The predicted octanol–water partition coefficient (Wildman–Crippen LogP) is 3.57. The smallest absolute Gasteiger partial charge is 0.154 e. The minimum atomic E-state index is -1.14. The van der Waals surface area contributed by atoms with Gasteiger partial charge >= 0.3 is 0 Å². The lowest BCUT2D eigenvalue weighted by Crippen LogP contribution is -2.40. The van der Waals surface area contributed by atoms with Gasteiger partial charge in [-0.1, -0.05) is 12.2 Å². The summed E-state index contributed by atoms with van der Waals surface area (Å²) in [6.07, 6.45) is -6.33. The van der Waals surface area contributed by atoms with Gasteiger partial charge in [-0.2, -0.15) is 0 Å². The minimum absolute atomic E-state index is 0.00111. The number of aliphatic hydroxyl groups excluding tert-OH is 6. The zero-order valence-corrected chi connectivity index (χ0v) is 65.2. The molecule has 0 amide bonds. The van der Waals surface area contributed by atoms with Crippen LogP contribution in [0.1, 0.15) is 110 Å². The summed E-state index contributed by atoms with van der Waals surface area (Å²) in [5.74, 6) is 1.65. The molecule has 22 atom stereocenters. The third-order valence-electron chi connectivity index (χ3n) is 16.2. The third kappa shape index (κ3) is 49.0. The molecule has 2 aliphatic carbocycles. The lowest BCUT2D eigenvalue weighted by molar-refractivity contribution is -0.205. The van der Waals surface area contributed by atoms with Gasteiger partial charge in [0.1, 0.15) is 73.2 Å². The van der Waals surface area contributed by atoms with Crippen molar-refractivity contribution >= 4 is 0 Å². The van der Waals surface area contributed by atoms with Crippen molar-refractivity contribution in [1.29, 1.82) is 0 Å². The quantitative estimate of drug-likeness (QED) is 0.0374. The van der Waals surface area contributed by atoms with Crippen LogP contribution < -0.4 is 0 Å². The van der Waals surface area contributed by atoms with Crippen LogP contribution in [0.3, 0.4) is 0 Å². The molecule has 0 spiro atoms. The molecule has 620 valence electrons. The number of ether oxygens (including phenoxy) is 26. The topological polar surface area (TPSA) is 361 Å². The SMILES string of the molecule is CCOC(C)OCC(COCC1CC2C=CC1C2)OCC(COC(C)OCC)OCC(COC(C)OCC)OCC(COC(C)OCC)OCC(COC(C)OCC)OCC(COC(C)OCC)OCC(COC(C)OCC)OCC(CO)OCC(CO)OCC(CO)OCC(CO)OCC(O)CO. The van der Waals surface area contributed by atoms with Crippen molar-refractivity contribution in [2.24, 2.45) is 17.8 Å². The predicted molar refractivity (Wildman–Crippen MR) is 378 cm³/mol. The number of fused-ring (bicyclic) bond motifs is 2. The van der Waals surface area contributed by atoms with Crippen LogP contribution in [0.4, 0.5) is 0 Å². The van der Waals surface area contributed by atoms with Crippen molar-refractivity contribution in [2.75, 3.05) is 211 Å². The second kappa shape index (κ2) is 64.0. The Morgan fingerprint density at radius 2 is 0.462 bits per heavy atom. The average Bonchev–Trinajstić information content (AvgIpc) is 1.68. The number of aliphatic hydroxyl groups is 6. The van der Waals surface area contributed by atoms with Gasteiger partial charge in [0, 0.05) is 46.2 Å². The fourth-order valence-electron chi connectivity index (χ4n) is 10.5. The summed E-state index contributed by atoms with van der Waals surface area (Å²) < 4.78 is 158. The molecule has 32 nitrogen and oxygen atoms in total. The first-order chi connectivity index (χ1) is 50.3. The van der Waals surface area contributed by atoms with Crippen molar-refractivity contribution in [3.63, 3.8) is 0 Å². The first kappa shape index (κ1) is 98.5. The Balaban J connectivity index is 2.39. The van der Waals surface area contributed by atoms with E-state index in [1.165, 1.54) is 6.42 Å². The summed E-state index contributed by atoms with van der Waals surface area (Å²) in [5, 5.41) is 59.0. The van der Waals surface area contributed by atoms with Gasteiger partial charge in [0.25, 0.3) is 0 Å². The van der Waals surface area contributed by atoms with E-state index in [1.54, 1.807) is 27.7 Å². The van der Waals surface area contributed by atoms with Crippen LogP contribution in [-0.4, -0.2) is 359 Å². The van der Waals surface area contributed by atoms with Crippen LogP contribution in [0.25, 0.3) is 0 Å². The number of hydrogen-bond acceptors (Lipinski definition) is 32. The molecule has 22 unspecified atom stereocenters. The maximum Gasteiger partial charge on any atom is 0.154 e. The zero-order chi connectivity index (χ0) is 76.5. The van der Waals surface area contributed by atoms with Crippen molar-refractivity contribution in [3.8, 4) is 0 Å². The summed E-state index contributed by atoms with van der Waals surface area (Å²) in [5.41, 5.74) is 0. The highest BCUT2D eigenvalue weighted by Gasteiger charge is 2.36. The fourth-order valence-corrected chi connectivity index (χ4v) is 10.5. The molecule has 0 radical (unpaired) electrons. The molecule has 1 fully saturated rings. The molecule has 0 aromatic carbocycles. The van der Waals surface area contributed by atoms with Gasteiger partial charge < -0.3 is 154 Å². The normalized spacial score (nSPS) is 21.0. The summed E-state index contributed by atoms with van der Waals surface area (Å²) in [6.45, 7) is 26.9.